The molecule has 0 fully saturated rings. The fourth-order valence-electron chi connectivity index (χ4n) is 3.49. The van der Waals surface area contributed by atoms with E-state index in [1.807, 2.05) is 42.5 Å². The van der Waals surface area contributed by atoms with Crippen molar-refractivity contribution in [2.45, 2.75) is 5.16 Å². The van der Waals surface area contributed by atoms with Gasteiger partial charge in [0.2, 0.25) is 5.91 Å². The molecule has 2 N–H and O–H groups in total. The van der Waals surface area contributed by atoms with Crippen LogP contribution in [0.15, 0.2) is 76.8 Å². The summed E-state index contributed by atoms with van der Waals surface area (Å²) in [6.45, 7) is 0. The van der Waals surface area contributed by atoms with E-state index < -0.39 is 17.5 Å². The predicted octanol–water partition coefficient (Wildman–Crippen LogP) is 4.27. The average Bonchev–Trinajstić information content (AvgIpc) is 3.29. The molecule has 0 radical (unpaired) electrons. The zero-order valence-electron chi connectivity index (χ0n) is 16.9. The zero-order valence-corrected chi connectivity index (χ0v) is 17.7. The lowest BCUT2D eigenvalue weighted by atomic mass is 10.1. The number of halogens is 2. The lowest BCUT2D eigenvalue weighted by molar-refractivity contribution is -0.113. The van der Waals surface area contributed by atoms with Gasteiger partial charge in [0.25, 0.3) is 5.56 Å². The van der Waals surface area contributed by atoms with Gasteiger partial charge in [-0.15, -0.1) is 0 Å². The highest BCUT2D eigenvalue weighted by Gasteiger charge is 2.17. The standard InChI is InChI=1S/C23H15F2N5O2S/c24-17-9-8-14(10-18(17)25)27-20(31)12-33-23-28-21-16(11-26-29-21)22(32)30(23)19-7-3-5-13-4-1-2-6-15(13)19/h1-11H,12H2,(H,26,29)(H,27,31). The number of fused-ring (bicyclic) bond motifs is 2. The molecule has 3 aromatic carbocycles. The molecule has 0 aliphatic carbocycles. The molecular weight excluding hydrogens is 448 g/mol. The number of H-pyrrole nitrogens is 1. The summed E-state index contributed by atoms with van der Waals surface area (Å²) in [7, 11) is 0. The Hall–Kier alpha value is -4.05. The van der Waals surface area contributed by atoms with Crippen LogP contribution in [-0.2, 0) is 4.79 Å². The van der Waals surface area contributed by atoms with Crippen LogP contribution in [0, 0.1) is 11.6 Å². The number of nitrogens with one attached hydrogen (secondary N) is 2. The SMILES string of the molecule is O=C(CSc1nc2[nH]ncc2c(=O)n1-c1cccc2ccccc12)Nc1ccc(F)c(F)c1. The van der Waals surface area contributed by atoms with Crippen molar-refractivity contribution in [1.82, 2.24) is 19.7 Å². The highest BCUT2D eigenvalue weighted by atomic mass is 32.2. The molecule has 0 aliphatic rings. The Morgan fingerprint density at radius 3 is 2.70 bits per heavy atom. The van der Waals surface area contributed by atoms with Gasteiger partial charge in [0.1, 0.15) is 5.39 Å². The fraction of sp³-hybridized carbons (Fsp3) is 0.0435. The van der Waals surface area contributed by atoms with Crippen molar-refractivity contribution in [1.29, 1.82) is 0 Å². The number of aromatic amines is 1. The van der Waals surface area contributed by atoms with E-state index >= 15 is 0 Å². The number of rotatable bonds is 5. The lowest BCUT2D eigenvalue weighted by Gasteiger charge is -2.14. The highest BCUT2D eigenvalue weighted by Crippen LogP contribution is 2.26. The van der Waals surface area contributed by atoms with Gasteiger partial charge in [-0.05, 0) is 23.6 Å². The van der Waals surface area contributed by atoms with Crippen LogP contribution in [-0.4, -0.2) is 31.4 Å². The van der Waals surface area contributed by atoms with Crippen LogP contribution in [0.4, 0.5) is 14.5 Å². The molecule has 0 spiro atoms. The molecule has 5 rings (SSSR count). The van der Waals surface area contributed by atoms with Crippen molar-refractivity contribution in [3.8, 4) is 5.69 Å². The number of hydrogen-bond donors (Lipinski definition) is 2. The van der Waals surface area contributed by atoms with Gasteiger partial charge in [-0.2, -0.15) is 5.10 Å². The first-order chi connectivity index (χ1) is 16.0. The Kier molecular flexibility index (Phi) is 5.35. The Balaban J connectivity index is 1.52. The minimum atomic E-state index is -1.06. The van der Waals surface area contributed by atoms with Gasteiger partial charge in [0.15, 0.2) is 22.4 Å². The number of aromatic nitrogens is 4. The Morgan fingerprint density at radius 1 is 1.03 bits per heavy atom. The largest absolute Gasteiger partial charge is 0.325 e. The summed E-state index contributed by atoms with van der Waals surface area (Å²) < 4.78 is 28.0. The molecule has 10 heteroatoms. The summed E-state index contributed by atoms with van der Waals surface area (Å²) >= 11 is 1.04. The van der Waals surface area contributed by atoms with E-state index in [0.29, 0.717) is 16.7 Å². The summed E-state index contributed by atoms with van der Waals surface area (Å²) in [5.74, 6) is -2.64. The maximum atomic E-state index is 13.4. The maximum absolute atomic E-state index is 13.4. The second-order valence-electron chi connectivity index (χ2n) is 7.13. The highest BCUT2D eigenvalue weighted by molar-refractivity contribution is 7.99. The lowest BCUT2D eigenvalue weighted by Crippen LogP contribution is -2.22. The third kappa shape index (κ3) is 3.96. The van der Waals surface area contributed by atoms with Crippen molar-refractivity contribution >= 4 is 45.2 Å². The van der Waals surface area contributed by atoms with E-state index in [-0.39, 0.29) is 22.2 Å². The summed E-state index contributed by atoms with van der Waals surface area (Å²) in [5, 5.41) is 11.5. The Morgan fingerprint density at radius 2 is 1.85 bits per heavy atom. The first-order valence-corrected chi connectivity index (χ1v) is 10.8. The molecule has 0 bridgehead atoms. The van der Waals surface area contributed by atoms with Crippen molar-refractivity contribution in [2.75, 3.05) is 11.1 Å². The first-order valence-electron chi connectivity index (χ1n) is 9.83. The van der Waals surface area contributed by atoms with Crippen LogP contribution >= 0.6 is 11.8 Å². The molecule has 164 valence electrons. The van der Waals surface area contributed by atoms with Gasteiger partial charge in [-0.25, -0.2) is 13.8 Å². The summed E-state index contributed by atoms with van der Waals surface area (Å²) in [6.07, 6.45) is 1.41. The molecule has 7 nitrogen and oxygen atoms in total. The molecule has 0 saturated heterocycles. The number of anilines is 1. The number of carbonyl (C=O) groups is 1. The van der Waals surface area contributed by atoms with E-state index in [2.05, 4.69) is 20.5 Å². The van der Waals surface area contributed by atoms with Gasteiger partial charge in [0, 0.05) is 17.1 Å². The molecule has 0 aliphatic heterocycles. The molecule has 2 aromatic heterocycles. The molecule has 1 amide bonds. The van der Waals surface area contributed by atoms with Crippen molar-refractivity contribution in [2.24, 2.45) is 0 Å². The molecule has 0 atom stereocenters. The third-order valence-corrected chi connectivity index (χ3v) is 5.93. The van der Waals surface area contributed by atoms with Crippen molar-refractivity contribution in [3.05, 3.63) is 88.8 Å². The molecular formula is C23H15F2N5O2S. The smallest absolute Gasteiger partial charge is 0.269 e. The van der Waals surface area contributed by atoms with Gasteiger partial charge < -0.3 is 5.32 Å². The van der Waals surface area contributed by atoms with E-state index in [1.54, 1.807) is 0 Å². The third-order valence-electron chi connectivity index (χ3n) is 4.99. The normalized spacial score (nSPS) is 11.2. The van der Waals surface area contributed by atoms with Gasteiger partial charge in [-0.1, -0.05) is 48.2 Å². The van der Waals surface area contributed by atoms with Crippen LogP contribution in [0.5, 0.6) is 0 Å². The van der Waals surface area contributed by atoms with E-state index in [1.165, 1.54) is 16.8 Å². The van der Waals surface area contributed by atoms with Gasteiger partial charge >= 0.3 is 0 Å². The molecule has 2 heterocycles. The van der Waals surface area contributed by atoms with Gasteiger partial charge in [0.05, 0.1) is 17.6 Å². The summed E-state index contributed by atoms with van der Waals surface area (Å²) in [5.41, 5.74) is 0.730. The first kappa shape index (κ1) is 20.8. The van der Waals surface area contributed by atoms with Crippen LogP contribution in [0.1, 0.15) is 0 Å². The zero-order chi connectivity index (χ0) is 22.9. The maximum Gasteiger partial charge on any atom is 0.269 e. The van der Waals surface area contributed by atoms with Gasteiger partial charge in [-0.3, -0.25) is 19.3 Å². The second kappa shape index (κ2) is 8.47. The topological polar surface area (TPSA) is 92.7 Å². The van der Waals surface area contributed by atoms with E-state index in [9.17, 15) is 18.4 Å². The average molecular weight is 463 g/mol. The number of amides is 1. The molecule has 5 aromatic rings. The van der Waals surface area contributed by atoms with Crippen LogP contribution in [0.3, 0.4) is 0 Å². The molecule has 0 unspecified atom stereocenters. The van der Waals surface area contributed by atoms with Crippen molar-refractivity contribution in [3.63, 3.8) is 0 Å². The monoisotopic (exact) mass is 463 g/mol. The summed E-state index contributed by atoms with van der Waals surface area (Å²) in [6, 6.07) is 16.3. The number of thioether (sulfide) groups is 1. The quantitative estimate of drug-likeness (QED) is 0.300. The van der Waals surface area contributed by atoms with Crippen molar-refractivity contribution < 1.29 is 13.6 Å². The number of hydrogen-bond acceptors (Lipinski definition) is 5. The van der Waals surface area contributed by atoms with E-state index in [0.717, 1.165) is 34.7 Å². The van der Waals surface area contributed by atoms with Crippen LogP contribution < -0.4 is 10.9 Å². The van der Waals surface area contributed by atoms with Crippen LogP contribution in [0.2, 0.25) is 0 Å². The number of carbonyl (C=O) groups excluding carboxylic acids is 1. The van der Waals surface area contributed by atoms with E-state index in [4.69, 9.17) is 0 Å². The number of benzene rings is 3. The molecule has 0 saturated carbocycles. The fourth-order valence-corrected chi connectivity index (χ4v) is 4.29. The Labute approximate surface area is 189 Å². The molecule has 33 heavy (non-hydrogen) atoms. The minimum Gasteiger partial charge on any atom is -0.325 e. The summed E-state index contributed by atoms with van der Waals surface area (Å²) in [4.78, 5) is 30.3. The minimum absolute atomic E-state index is 0.115. The number of nitrogens with zero attached hydrogens (tertiary/aromatic N) is 3. The van der Waals surface area contributed by atoms with Crippen LogP contribution in [0.25, 0.3) is 27.5 Å². The predicted molar refractivity (Wildman–Crippen MR) is 123 cm³/mol. The Bertz CT molecular complexity index is 1580. The second-order valence-corrected chi connectivity index (χ2v) is 8.07.